The third-order valence-corrected chi connectivity index (χ3v) is 4.41. The van der Waals surface area contributed by atoms with Crippen LogP contribution in [0.3, 0.4) is 0 Å². The van der Waals surface area contributed by atoms with Crippen molar-refractivity contribution in [3.8, 4) is 0 Å². The zero-order valence-electron chi connectivity index (χ0n) is 15.5. The van der Waals surface area contributed by atoms with Gasteiger partial charge in [-0.05, 0) is 39.7 Å². The molecule has 7 heteroatoms. The zero-order chi connectivity index (χ0) is 18.4. The number of aromatic nitrogens is 1. The molecule has 25 heavy (non-hydrogen) atoms. The van der Waals surface area contributed by atoms with E-state index in [0.717, 1.165) is 29.9 Å². The van der Waals surface area contributed by atoms with Gasteiger partial charge in [-0.1, -0.05) is 0 Å². The molecule has 1 aliphatic carbocycles. The minimum atomic E-state index is -0.549. The van der Waals surface area contributed by atoms with Crippen molar-refractivity contribution in [2.75, 3.05) is 19.0 Å². The van der Waals surface area contributed by atoms with E-state index in [-0.39, 0.29) is 5.91 Å². The van der Waals surface area contributed by atoms with Crippen LogP contribution in [-0.2, 0) is 17.8 Å². The molecule has 2 aliphatic rings. The van der Waals surface area contributed by atoms with Crippen LogP contribution < -0.4 is 10.2 Å². The maximum atomic E-state index is 12.2. The summed E-state index contributed by atoms with van der Waals surface area (Å²) < 4.78 is 5.40. The van der Waals surface area contributed by atoms with Gasteiger partial charge < -0.3 is 19.9 Å². The normalized spacial score (nSPS) is 16.3. The number of nitrogens with one attached hydrogen (secondary N) is 1. The number of fused-ring (bicyclic) bond motifs is 1. The predicted octanol–water partition coefficient (Wildman–Crippen LogP) is 2.29. The molecular formula is C18H26N4O3. The topological polar surface area (TPSA) is 74.8 Å². The summed E-state index contributed by atoms with van der Waals surface area (Å²) in [6, 6.07) is 2.35. The first-order valence-corrected chi connectivity index (χ1v) is 8.63. The number of hydrogen-bond donors (Lipinski definition) is 1. The van der Waals surface area contributed by atoms with Gasteiger partial charge in [0.1, 0.15) is 11.4 Å². The Morgan fingerprint density at radius 2 is 2.04 bits per heavy atom. The van der Waals surface area contributed by atoms with E-state index >= 15 is 0 Å². The highest BCUT2D eigenvalue weighted by molar-refractivity contribution is 5.99. The van der Waals surface area contributed by atoms with E-state index in [1.807, 2.05) is 33.9 Å². The summed E-state index contributed by atoms with van der Waals surface area (Å²) in [4.78, 5) is 32.7. The average Bonchev–Trinajstić information content (AvgIpc) is 3.29. The Kier molecular flexibility index (Phi) is 4.34. The van der Waals surface area contributed by atoms with Gasteiger partial charge in [0.05, 0.1) is 12.2 Å². The summed E-state index contributed by atoms with van der Waals surface area (Å²) in [6.07, 6.45) is 1.89. The molecule has 0 saturated heterocycles. The lowest BCUT2D eigenvalue weighted by molar-refractivity contribution is 0.0282. The lowest BCUT2D eigenvalue weighted by Gasteiger charge is -2.25. The molecule has 1 aromatic rings. The van der Waals surface area contributed by atoms with Gasteiger partial charge in [-0.2, -0.15) is 0 Å². The van der Waals surface area contributed by atoms with Crippen molar-refractivity contribution in [3.05, 3.63) is 22.9 Å². The van der Waals surface area contributed by atoms with Crippen LogP contribution in [0.1, 0.15) is 55.2 Å². The number of rotatable bonds is 4. The Morgan fingerprint density at radius 1 is 1.36 bits per heavy atom. The van der Waals surface area contributed by atoms with Crippen LogP contribution in [-0.4, -0.2) is 47.6 Å². The predicted molar refractivity (Wildman–Crippen MR) is 94.5 cm³/mol. The third-order valence-electron chi connectivity index (χ3n) is 4.41. The molecule has 0 unspecified atom stereocenters. The maximum Gasteiger partial charge on any atom is 0.410 e. The van der Waals surface area contributed by atoms with Crippen molar-refractivity contribution in [1.29, 1.82) is 0 Å². The summed E-state index contributed by atoms with van der Waals surface area (Å²) in [6.45, 7) is 6.26. The lowest BCUT2D eigenvalue weighted by Crippen LogP contribution is -2.34. The van der Waals surface area contributed by atoms with Crippen LogP contribution >= 0.6 is 0 Å². The van der Waals surface area contributed by atoms with E-state index in [0.29, 0.717) is 24.7 Å². The number of ether oxygens (including phenoxy) is 1. The molecule has 136 valence electrons. The van der Waals surface area contributed by atoms with Gasteiger partial charge in [0.15, 0.2) is 0 Å². The van der Waals surface area contributed by atoms with Crippen molar-refractivity contribution in [1.82, 2.24) is 15.2 Å². The molecule has 0 radical (unpaired) electrons. The molecule has 0 atom stereocenters. The van der Waals surface area contributed by atoms with Crippen molar-refractivity contribution in [3.63, 3.8) is 0 Å². The molecule has 1 saturated carbocycles. The molecular weight excluding hydrogens is 320 g/mol. The second-order valence-electron chi connectivity index (χ2n) is 7.81. The highest BCUT2D eigenvalue weighted by atomic mass is 16.6. The van der Waals surface area contributed by atoms with Gasteiger partial charge in [-0.3, -0.25) is 4.79 Å². The van der Waals surface area contributed by atoms with Crippen LogP contribution in [0, 0.1) is 0 Å². The van der Waals surface area contributed by atoms with Gasteiger partial charge in [0, 0.05) is 37.8 Å². The van der Waals surface area contributed by atoms with Gasteiger partial charge in [0.25, 0.3) is 5.91 Å². The van der Waals surface area contributed by atoms with Crippen LogP contribution in [0.15, 0.2) is 6.07 Å². The number of pyridine rings is 1. The fourth-order valence-corrected chi connectivity index (χ4v) is 2.86. The molecule has 0 spiro atoms. The quantitative estimate of drug-likeness (QED) is 0.905. The number of carbonyl (C=O) groups is 2. The second kappa shape index (κ2) is 6.20. The summed E-state index contributed by atoms with van der Waals surface area (Å²) in [5.74, 6) is 0.704. The third kappa shape index (κ3) is 3.86. The number of hydrogen-bond acceptors (Lipinski definition) is 5. The monoisotopic (exact) mass is 346 g/mol. The number of nitrogens with zero attached hydrogens (tertiary/aromatic N) is 3. The molecule has 1 N–H and O–H groups in total. The van der Waals surface area contributed by atoms with E-state index in [1.54, 1.807) is 7.05 Å². The Balaban J connectivity index is 1.86. The Hall–Kier alpha value is -2.31. The fourth-order valence-electron chi connectivity index (χ4n) is 2.86. The Labute approximate surface area is 148 Å². The Morgan fingerprint density at radius 3 is 2.64 bits per heavy atom. The van der Waals surface area contributed by atoms with Gasteiger partial charge in [0.2, 0.25) is 0 Å². The van der Waals surface area contributed by atoms with Crippen molar-refractivity contribution in [2.24, 2.45) is 0 Å². The SMILES string of the molecule is CN(Cc1nc(N(C)C2CC2)cc2c1CNC2=O)C(=O)OC(C)(C)C. The van der Waals surface area contributed by atoms with E-state index < -0.39 is 11.7 Å². The van der Waals surface area contributed by atoms with Crippen molar-refractivity contribution in [2.45, 2.75) is 58.3 Å². The zero-order valence-corrected chi connectivity index (χ0v) is 15.5. The van der Waals surface area contributed by atoms with Crippen LogP contribution in [0.4, 0.5) is 10.6 Å². The van der Waals surface area contributed by atoms with E-state index in [2.05, 4.69) is 10.2 Å². The first kappa shape index (κ1) is 17.5. The first-order chi connectivity index (χ1) is 11.7. The molecule has 0 aromatic carbocycles. The second-order valence-corrected chi connectivity index (χ2v) is 7.81. The largest absolute Gasteiger partial charge is 0.444 e. The van der Waals surface area contributed by atoms with Gasteiger partial charge in [-0.15, -0.1) is 0 Å². The summed E-state index contributed by atoms with van der Waals surface area (Å²) in [7, 11) is 3.68. The van der Waals surface area contributed by atoms with Gasteiger partial charge >= 0.3 is 6.09 Å². The van der Waals surface area contributed by atoms with Crippen molar-refractivity contribution >= 4 is 17.8 Å². The maximum absolute atomic E-state index is 12.2. The number of amides is 2. The molecule has 0 bridgehead atoms. The molecule has 2 heterocycles. The highest BCUT2D eigenvalue weighted by Gasteiger charge is 2.31. The van der Waals surface area contributed by atoms with Crippen LogP contribution in [0.2, 0.25) is 0 Å². The fraction of sp³-hybridized carbons (Fsp3) is 0.611. The van der Waals surface area contributed by atoms with E-state index in [9.17, 15) is 9.59 Å². The van der Waals surface area contributed by atoms with Crippen LogP contribution in [0.25, 0.3) is 0 Å². The molecule has 3 rings (SSSR count). The summed E-state index contributed by atoms with van der Waals surface area (Å²) >= 11 is 0. The van der Waals surface area contributed by atoms with Crippen molar-refractivity contribution < 1.29 is 14.3 Å². The van der Waals surface area contributed by atoms with E-state index in [1.165, 1.54) is 4.90 Å². The molecule has 2 amide bonds. The molecule has 1 aromatic heterocycles. The number of carbonyl (C=O) groups excluding carboxylic acids is 2. The van der Waals surface area contributed by atoms with Gasteiger partial charge in [-0.25, -0.2) is 9.78 Å². The minimum Gasteiger partial charge on any atom is -0.444 e. The smallest absolute Gasteiger partial charge is 0.410 e. The average molecular weight is 346 g/mol. The van der Waals surface area contributed by atoms with E-state index in [4.69, 9.17) is 9.72 Å². The lowest BCUT2D eigenvalue weighted by atomic mass is 10.1. The minimum absolute atomic E-state index is 0.0796. The Bertz CT molecular complexity index is 707. The summed E-state index contributed by atoms with van der Waals surface area (Å²) in [5, 5.41) is 2.84. The molecule has 1 aliphatic heterocycles. The standard InChI is InChI=1S/C18H26N4O3/c1-18(2,3)25-17(24)21(4)10-14-13-9-19-16(23)12(13)8-15(20-14)22(5)11-6-7-11/h8,11H,6-7,9-10H2,1-5H3,(H,19,23). The molecule has 1 fully saturated rings. The number of anilines is 1. The summed E-state index contributed by atoms with van der Waals surface area (Å²) in [5.41, 5.74) is 1.72. The highest BCUT2D eigenvalue weighted by Crippen LogP contribution is 2.32. The molecule has 7 nitrogen and oxygen atoms in total. The van der Waals surface area contributed by atoms with Crippen LogP contribution in [0.5, 0.6) is 0 Å². The first-order valence-electron chi connectivity index (χ1n) is 8.63.